The lowest BCUT2D eigenvalue weighted by atomic mass is 9.90. The van der Waals surface area contributed by atoms with Gasteiger partial charge in [0.25, 0.3) is 5.92 Å². The molecule has 0 bridgehead atoms. The molecule has 4 heterocycles. The summed E-state index contributed by atoms with van der Waals surface area (Å²) in [6.45, 7) is 1.87. The number of nitrogens with zero attached hydrogens (tertiary/aromatic N) is 4. The van der Waals surface area contributed by atoms with Crippen LogP contribution >= 0.6 is 0 Å². The molecule has 4 rings (SSSR count). The summed E-state index contributed by atoms with van der Waals surface area (Å²) in [5, 5.41) is 15.6. The number of pyridine rings is 2. The molecular weight excluding hydrogens is 362 g/mol. The quantitative estimate of drug-likeness (QED) is 0.841. The van der Waals surface area contributed by atoms with Gasteiger partial charge in [0, 0.05) is 19.2 Å². The zero-order valence-electron chi connectivity index (χ0n) is 15.5. The Morgan fingerprint density at radius 2 is 2.04 bits per heavy atom. The van der Waals surface area contributed by atoms with Crippen LogP contribution in [-0.4, -0.2) is 42.1 Å². The third-order valence-corrected chi connectivity index (χ3v) is 5.28. The van der Waals surface area contributed by atoms with E-state index in [1.165, 1.54) is 0 Å². The Morgan fingerprint density at radius 3 is 2.75 bits per heavy atom. The number of anilines is 3. The summed E-state index contributed by atoms with van der Waals surface area (Å²) in [5.74, 6) is -0.685. The minimum atomic E-state index is -2.68. The molecule has 28 heavy (non-hydrogen) atoms. The predicted octanol–water partition coefficient (Wildman–Crippen LogP) is 3.40. The first kappa shape index (κ1) is 18.6. The van der Waals surface area contributed by atoms with Crippen LogP contribution in [0, 0.1) is 11.3 Å². The van der Waals surface area contributed by atoms with Gasteiger partial charge in [-0.25, -0.2) is 18.7 Å². The van der Waals surface area contributed by atoms with Crippen LogP contribution in [0.3, 0.4) is 0 Å². The molecule has 2 aliphatic rings. The molecule has 0 amide bonds. The molecule has 0 unspecified atom stereocenters. The summed E-state index contributed by atoms with van der Waals surface area (Å²) in [6, 6.07) is 9.26. The summed E-state index contributed by atoms with van der Waals surface area (Å²) in [4.78, 5) is 10.4. The molecule has 0 aliphatic carbocycles. The lowest BCUT2D eigenvalue weighted by molar-refractivity contribution is 0.0256. The summed E-state index contributed by atoms with van der Waals surface area (Å²) in [7, 11) is 0. The van der Waals surface area contributed by atoms with E-state index in [0.29, 0.717) is 28.9 Å². The van der Waals surface area contributed by atoms with Crippen molar-refractivity contribution in [3.8, 4) is 6.07 Å². The SMILES string of the molecule is N#Cc1ccnc(Nc2cc(C3CCNCC3)cc(N3CCC(F)(F)C3)n2)c1. The zero-order chi connectivity index (χ0) is 19.6. The number of nitrogens with one attached hydrogen (secondary N) is 2. The lowest BCUT2D eigenvalue weighted by Gasteiger charge is -2.25. The van der Waals surface area contributed by atoms with E-state index in [9.17, 15) is 8.78 Å². The maximum absolute atomic E-state index is 13.7. The van der Waals surface area contributed by atoms with E-state index in [2.05, 4.69) is 26.7 Å². The molecule has 2 saturated heterocycles. The number of nitriles is 1. The van der Waals surface area contributed by atoms with Crippen LogP contribution in [-0.2, 0) is 0 Å². The van der Waals surface area contributed by atoms with Gasteiger partial charge >= 0.3 is 0 Å². The van der Waals surface area contributed by atoms with Gasteiger partial charge in [-0.05, 0) is 61.7 Å². The fourth-order valence-corrected chi connectivity index (χ4v) is 3.78. The predicted molar refractivity (Wildman–Crippen MR) is 103 cm³/mol. The number of piperidine rings is 1. The Kier molecular flexibility index (Phi) is 5.09. The van der Waals surface area contributed by atoms with Crippen LogP contribution in [0.4, 0.5) is 26.2 Å². The maximum atomic E-state index is 13.7. The minimum Gasteiger partial charge on any atom is -0.350 e. The first-order valence-electron chi connectivity index (χ1n) is 9.51. The molecule has 2 aromatic rings. The third-order valence-electron chi connectivity index (χ3n) is 5.28. The zero-order valence-corrected chi connectivity index (χ0v) is 15.5. The number of hydrogen-bond donors (Lipinski definition) is 2. The van der Waals surface area contributed by atoms with Crippen molar-refractivity contribution in [1.82, 2.24) is 15.3 Å². The molecule has 0 radical (unpaired) electrons. The van der Waals surface area contributed by atoms with Crippen LogP contribution < -0.4 is 15.5 Å². The largest absolute Gasteiger partial charge is 0.350 e. The number of alkyl halides is 2. The van der Waals surface area contributed by atoms with Gasteiger partial charge in [0.15, 0.2) is 0 Å². The van der Waals surface area contributed by atoms with Crippen molar-refractivity contribution in [3.63, 3.8) is 0 Å². The molecule has 6 nitrogen and oxygen atoms in total. The Bertz CT molecular complexity index is 889. The minimum absolute atomic E-state index is 0.152. The molecular formula is C20H22F2N6. The fraction of sp³-hybridized carbons (Fsp3) is 0.450. The summed E-state index contributed by atoms with van der Waals surface area (Å²) >= 11 is 0. The van der Waals surface area contributed by atoms with Crippen LogP contribution in [0.25, 0.3) is 0 Å². The topological polar surface area (TPSA) is 76.9 Å². The Hall–Kier alpha value is -2.79. The summed E-state index contributed by atoms with van der Waals surface area (Å²) < 4.78 is 27.5. The molecule has 8 heteroatoms. The number of rotatable bonds is 4. The van der Waals surface area contributed by atoms with Crippen molar-refractivity contribution in [2.75, 3.05) is 36.4 Å². The molecule has 2 aromatic heterocycles. The molecule has 0 atom stereocenters. The molecule has 0 saturated carbocycles. The van der Waals surface area contributed by atoms with E-state index in [-0.39, 0.29) is 19.5 Å². The van der Waals surface area contributed by atoms with E-state index in [1.54, 1.807) is 23.2 Å². The van der Waals surface area contributed by atoms with Gasteiger partial charge in [0.05, 0.1) is 18.2 Å². The average molecular weight is 384 g/mol. The van der Waals surface area contributed by atoms with Gasteiger partial charge in [-0.1, -0.05) is 0 Å². The molecule has 0 spiro atoms. The Balaban J connectivity index is 1.66. The highest BCUT2D eigenvalue weighted by Crippen LogP contribution is 2.34. The fourth-order valence-electron chi connectivity index (χ4n) is 3.78. The van der Waals surface area contributed by atoms with Crippen LogP contribution in [0.15, 0.2) is 30.5 Å². The molecule has 146 valence electrons. The smallest absolute Gasteiger partial charge is 0.266 e. The van der Waals surface area contributed by atoms with E-state index >= 15 is 0 Å². The average Bonchev–Trinajstić information content (AvgIpc) is 3.08. The Labute approximate surface area is 162 Å². The van der Waals surface area contributed by atoms with Crippen molar-refractivity contribution in [2.45, 2.75) is 31.1 Å². The van der Waals surface area contributed by atoms with E-state index in [1.807, 2.05) is 12.1 Å². The van der Waals surface area contributed by atoms with Crippen molar-refractivity contribution in [3.05, 3.63) is 41.6 Å². The normalized spacial score (nSPS) is 19.4. The van der Waals surface area contributed by atoms with Crippen molar-refractivity contribution < 1.29 is 8.78 Å². The molecule has 0 aromatic carbocycles. The van der Waals surface area contributed by atoms with Crippen molar-refractivity contribution >= 4 is 17.5 Å². The standard InChI is InChI=1S/C20H22F2N6/c21-20(22)4-8-28(13-20)19-11-16(15-2-5-24-6-3-15)10-18(27-19)26-17-9-14(12-23)1-7-25-17/h1,7,9-11,15,24H,2-6,8,13H2,(H,25,26,27). The lowest BCUT2D eigenvalue weighted by Crippen LogP contribution is -2.28. The second-order valence-electron chi connectivity index (χ2n) is 7.36. The van der Waals surface area contributed by atoms with Gasteiger partial charge in [-0.15, -0.1) is 0 Å². The summed E-state index contributed by atoms with van der Waals surface area (Å²) in [5.41, 5.74) is 1.59. The van der Waals surface area contributed by atoms with Crippen LogP contribution in [0.1, 0.15) is 36.3 Å². The third kappa shape index (κ3) is 4.20. The van der Waals surface area contributed by atoms with Crippen molar-refractivity contribution in [1.29, 1.82) is 5.26 Å². The number of hydrogen-bond acceptors (Lipinski definition) is 6. The monoisotopic (exact) mass is 384 g/mol. The van der Waals surface area contributed by atoms with E-state index < -0.39 is 5.92 Å². The van der Waals surface area contributed by atoms with Crippen LogP contribution in [0.2, 0.25) is 0 Å². The number of aromatic nitrogens is 2. The number of halogens is 2. The van der Waals surface area contributed by atoms with Crippen molar-refractivity contribution in [2.24, 2.45) is 0 Å². The Morgan fingerprint density at radius 1 is 1.21 bits per heavy atom. The second kappa shape index (κ2) is 7.68. The van der Waals surface area contributed by atoms with Gasteiger partial charge in [0.1, 0.15) is 17.5 Å². The molecule has 2 N–H and O–H groups in total. The van der Waals surface area contributed by atoms with Gasteiger partial charge < -0.3 is 15.5 Å². The first-order valence-corrected chi connectivity index (χ1v) is 9.51. The maximum Gasteiger partial charge on any atom is 0.266 e. The second-order valence-corrected chi connectivity index (χ2v) is 7.36. The highest BCUT2D eigenvalue weighted by Gasteiger charge is 2.39. The highest BCUT2D eigenvalue weighted by atomic mass is 19.3. The van der Waals surface area contributed by atoms with E-state index in [4.69, 9.17) is 5.26 Å². The first-order chi connectivity index (χ1) is 13.5. The van der Waals surface area contributed by atoms with Gasteiger partial charge in [-0.2, -0.15) is 5.26 Å². The van der Waals surface area contributed by atoms with Gasteiger partial charge in [-0.3, -0.25) is 0 Å². The molecule has 2 aliphatic heterocycles. The molecule has 2 fully saturated rings. The highest BCUT2D eigenvalue weighted by molar-refractivity contribution is 5.59. The van der Waals surface area contributed by atoms with E-state index in [0.717, 1.165) is 31.5 Å². The van der Waals surface area contributed by atoms with Gasteiger partial charge in [0.2, 0.25) is 0 Å². The summed E-state index contributed by atoms with van der Waals surface area (Å²) in [6.07, 6.45) is 3.41. The van der Waals surface area contributed by atoms with Crippen LogP contribution in [0.5, 0.6) is 0 Å².